The smallest absolute Gasteiger partial charge is 0.336 e. The first-order chi connectivity index (χ1) is 14.1. The number of hydrogen-bond acceptors (Lipinski definition) is 5. The minimum Gasteiger partial charge on any atom is -0.423 e. The van der Waals surface area contributed by atoms with Crippen molar-refractivity contribution in [3.63, 3.8) is 0 Å². The minimum atomic E-state index is -0.282. The Labute approximate surface area is 171 Å². The molecular formula is C23H30N2O4. The molecule has 1 N–H and O–H groups in total. The van der Waals surface area contributed by atoms with Gasteiger partial charge in [0, 0.05) is 44.2 Å². The number of ether oxygens (including phenoxy) is 1. The van der Waals surface area contributed by atoms with Gasteiger partial charge in [0.1, 0.15) is 5.58 Å². The highest BCUT2D eigenvalue weighted by Crippen LogP contribution is 2.29. The molecule has 6 heteroatoms. The van der Waals surface area contributed by atoms with E-state index in [1.807, 2.05) is 0 Å². The third-order valence-corrected chi connectivity index (χ3v) is 6.22. The SMILES string of the molecule is COCCCNC(=O)C1CCN(Cc2cc(=O)oc3cc4c(cc23)CCC4)CC1. The summed E-state index contributed by atoms with van der Waals surface area (Å²) in [7, 11) is 1.67. The monoisotopic (exact) mass is 398 g/mol. The van der Waals surface area contributed by atoms with E-state index in [4.69, 9.17) is 9.15 Å². The number of fused-ring (bicyclic) bond motifs is 2. The van der Waals surface area contributed by atoms with E-state index < -0.39 is 0 Å². The van der Waals surface area contributed by atoms with Gasteiger partial charge in [0.25, 0.3) is 0 Å². The number of nitrogens with zero attached hydrogens (tertiary/aromatic N) is 1. The summed E-state index contributed by atoms with van der Waals surface area (Å²) in [6.45, 7) is 3.79. The summed E-state index contributed by atoms with van der Waals surface area (Å²) in [4.78, 5) is 26.8. The summed E-state index contributed by atoms with van der Waals surface area (Å²) in [5.74, 6) is 0.233. The molecule has 0 atom stereocenters. The van der Waals surface area contributed by atoms with E-state index in [1.54, 1.807) is 13.2 Å². The molecule has 2 aromatic rings. The maximum Gasteiger partial charge on any atom is 0.336 e. The average Bonchev–Trinajstić information content (AvgIpc) is 3.17. The van der Waals surface area contributed by atoms with Crippen molar-refractivity contribution in [2.75, 3.05) is 33.4 Å². The van der Waals surface area contributed by atoms with Gasteiger partial charge in [-0.2, -0.15) is 0 Å². The van der Waals surface area contributed by atoms with Crippen LogP contribution in [0.1, 0.15) is 42.4 Å². The van der Waals surface area contributed by atoms with Crippen LogP contribution in [0.25, 0.3) is 11.0 Å². The fourth-order valence-corrected chi connectivity index (χ4v) is 4.59. The number of aryl methyl sites for hydroxylation is 2. The highest BCUT2D eigenvalue weighted by molar-refractivity contribution is 5.82. The molecule has 1 aromatic heterocycles. The lowest BCUT2D eigenvalue weighted by Crippen LogP contribution is -2.40. The molecule has 4 rings (SSSR count). The Balaban J connectivity index is 1.39. The first kappa shape index (κ1) is 20.1. The van der Waals surface area contributed by atoms with Crippen LogP contribution in [0.5, 0.6) is 0 Å². The van der Waals surface area contributed by atoms with Crippen molar-refractivity contribution in [1.29, 1.82) is 0 Å². The van der Waals surface area contributed by atoms with E-state index in [0.29, 0.717) is 18.7 Å². The number of carbonyl (C=O) groups is 1. The standard InChI is InChI=1S/C23H30N2O4/c1-28-11-3-8-24-23(27)16-6-9-25(10-7-16)15-19-14-22(26)29-21-13-18-5-2-4-17(18)12-20(19)21/h12-14,16H,2-11,15H2,1H3,(H,24,27). The molecular weight excluding hydrogens is 368 g/mol. The Bertz CT molecular complexity index is 928. The van der Waals surface area contributed by atoms with Crippen molar-refractivity contribution in [2.24, 2.45) is 5.92 Å². The van der Waals surface area contributed by atoms with Crippen LogP contribution < -0.4 is 10.9 Å². The lowest BCUT2D eigenvalue weighted by Gasteiger charge is -2.31. The van der Waals surface area contributed by atoms with Crippen molar-refractivity contribution >= 4 is 16.9 Å². The second kappa shape index (κ2) is 9.09. The summed E-state index contributed by atoms with van der Waals surface area (Å²) in [5, 5.41) is 4.07. The Morgan fingerprint density at radius 1 is 1.21 bits per heavy atom. The van der Waals surface area contributed by atoms with E-state index in [9.17, 15) is 9.59 Å². The Morgan fingerprint density at radius 3 is 2.72 bits per heavy atom. The molecule has 1 amide bonds. The highest BCUT2D eigenvalue weighted by atomic mass is 16.5. The second-order valence-corrected chi connectivity index (χ2v) is 8.25. The van der Waals surface area contributed by atoms with Gasteiger partial charge in [-0.3, -0.25) is 9.69 Å². The summed E-state index contributed by atoms with van der Waals surface area (Å²) in [5.41, 5.74) is 4.16. The van der Waals surface area contributed by atoms with Crippen molar-refractivity contribution < 1.29 is 13.9 Å². The Kier molecular flexibility index (Phi) is 6.31. The third kappa shape index (κ3) is 4.70. The quantitative estimate of drug-likeness (QED) is 0.573. The lowest BCUT2D eigenvalue weighted by atomic mass is 9.95. The molecule has 2 aliphatic rings. The van der Waals surface area contributed by atoms with E-state index in [2.05, 4.69) is 22.3 Å². The number of benzene rings is 1. The molecule has 0 unspecified atom stereocenters. The molecule has 0 spiro atoms. The fraction of sp³-hybridized carbons (Fsp3) is 0.565. The predicted octanol–water partition coefficient (Wildman–Crippen LogP) is 2.65. The molecule has 1 saturated heterocycles. The molecule has 1 aliphatic heterocycles. The van der Waals surface area contributed by atoms with E-state index in [1.165, 1.54) is 17.5 Å². The molecule has 0 radical (unpaired) electrons. The number of methoxy groups -OCH3 is 1. The van der Waals surface area contributed by atoms with Gasteiger partial charge >= 0.3 is 5.63 Å². The van der Waals surface area contributed by atoms with Gasteiger partial charge in [0.2, 0.25) is 5.91 Å². The Morgan fingerprint density at radius 2 is 1.97 bits per heavy atom. The van der Waals surface area contributed by atoms with Crippen LogP contribution in [-0.4, -0.2) is 44.2 Å². The van der Waals surface area contributed by atoms with E-state index >= 15 is 0 Å². The Hall–Kier alpha value is -2.18. The topological polar surface area (TPSA) is 71.8 Å². The number of carbonyl (C=O) groups excluding carboxylic acids is 1. The van der Waals surface area contributed by atoms with Crippen LogP contribution in [-0.2, 0) is 28.9 Å². The molecule has 1 fully saturated rings. The van der Waals surface area contributed by atoms with E-state index in [-0.39, 0.29) is 17.5 Å². The first-order valence-electron chi connectivity index (χ1n) is 10.7. The number of amides is 1. The number of piperidine rings is 1. The lowest BCUT2D eigenvalue weighted by molar-refractivity contribution is -0.126. The molecule has 0 saturated carbocycles. The van der Waals surface area contributed by atoms with E-state index in [0.717, 1.165) is 62.7 Å². The average molecular weight is 399 g/mol. The van der Waals surface area contributed by atoms with Gasteiger partial charge < -0.3 is 14.5 Å². The first-order valence-corrected chi connectivity index (χ1v) is 10.7. The maximum atomic E-state index is 12.3. The number of rotatable bonds is 7. The van der Waals surface area contributed by atoms with Crippen molar-refractivity contribution in [3.05, 3.63) is 45.3 Å². The maximum absolute atomic E-state index is 12.3. The zero-order valence-corrected chi connectivity index (χ0v) is 17.2. The largest absolute Gasteiger partial charge is 0.423 e. The van der Waals surface area contributed by atoms with Crippen LogP contribution in [0.2, 0.25) is 0 Å². The van der Waals surface area contributed by atoms with Gasteiger partial charge in [-0.25, -0.2) is 4.79 Å². The molecule has 1 aliphatic carbocycles. The van der Waals surface area contributed by atoms with Crippen LogP contribution >= 0.6 is 0 Å². The van der Waals surface area contributed by atoms with Gasteiger partial charge in [-0.1, -0.05) is 0 Å². The second-order valence-electron chi connectivity index (χ2n) is 8.25. The molecule has 29 heavy (non-hydrogen) atoms. The summed E-state index contributed by atoms with van der Waals surface area (Å²) < 4.78 is 10.5. The number of hydrogen-bond donors (Lipinski definition) is 1. The molecule has 6 nitrogen and oxygen atoms in total. The zero-order chi connectivity index (χ0) is 20.2. The number of nitrogens with one attached hydrogen (secondary N) is 1. The van der Waals surface area contributed by atoms with Gasteiger partial charge in [-0.15, -0.1) is 0 Å². The predicted molar refractivity (Wildman–Crippen MR) is 112 cm³/mol. The molecule has 156 valence electrons. The molecule has 0 bridgehead atoms. The number of likely N-dealkylation sites (tertiary alicyclic amines) is 1. The third-order valence-electron chi connectivity index (χ3n) is 6.22. The highest BCUT2D eigenvalue weighted by Gasteiger charge is 2.25. The summed E-state index contributed by atoms with van der Waals surface area (Å²) in [6, 6.07) is 5.91. The summed E-state index contributed by atoms with van der Waals surface area (Å²) >= 11 is 0. The molecule has 2 heterocycles. The van der Waals surface area contributed by atoms with Crippen molar-refractivity contribution in [1.82, 2.24) is 10.2 Å². The van der Waals surface area contributed by atoms with Gasteiger partial charge in [0.05, 0.1) is 0 Å². The van der Waals surface area contributed by atoms with Crippen LogP contribution in [0.3, 0.4) is 0 Å². The molecule has 1 aromatic carbocycles. The van der Waals surface area contributed by atoms with Crippen LogP contribution in [0, 0.1) is 5.92 Å². The van der Waals surface area contributed by atoms with Crippen LogP contribution in [0.15, 0.2) is 27.4 Å². The van der Waals surface area contributed by atoms with Crippen molar-refractivity contribution in [2.45, 2.75) is 45.1 Å². The summed E-state index contributed by atoms with van der Waals surface area (Å²) in [6.07, 6.45) is 5.89. The minimum absolute atomic E-state index is 0.0784. The van der Waals surface area contributed by atoms with Gasteiger partial charge in [0.15, 0.2) is 0 Å². The fourth-order valence-electron chi connectivity index (χ4n) is 4.59. The van der Waals surface area contributed by atoms with Crippen LogP contribution in [0.4, 0.5) is 0 Å². The van der Waals surface area contributed by atoms with Crippen molar-refractivity contribution in [3.8, 4) is 0 Å². The van der Waals surface area contributed by atoms with Gasteiger partial charge in [-0.05, 0) is 80.4 Å². The zero-order valence-electron chi connectivity index (χ0n) is 17.2. The normalized spacial score (nSPS) is 17.6.